The van der Waals surface area contributed by atoms with Gasteiger partial charge in [0.25, 0.3) is 0 Å². The van der Waals surface area contributed by atoms with Gasteiger partial charge in [0.05, 0.1) is 10.4 Å². The quantitative estimate of drug-likeness (QED) is 0.412. The van der Waals surface area contributed by atoms with Crippen LogP contribution < -0.4 is 20.5 Å². The molecule has 3 N–H and O–H groups in total. The lowest BCUT2D eigenvalue weighted by molar-refractivity contribution is 0.172. The molecule has 0 bridgehead atoms. The topological polar surface area (TPSA) is 87.2 Å². The minimum absolute atomic E-state index is 0.239. The third-order valence-corrected chi connectivity index (χ3v) is 6.69. The maximum Gasteiger partial charge on any atom is 0.231 e. The normalized spacial score (nSPS) is 13.3. The van der Waals surface area contributed by atoms with Gasteiger partial charge in [-0.1, -0.05) is 32.5 Å². The highest BCUT2D eigenvalue weighted by Gasteiger charge is 2.23. The van der Waals surface area contributed by atoms with Crippen LogP contribution in [0.3, 0.4) is 0 Å². The molecular weight excluding hydrogens is 418 g/mol. The van der Waals surface area contributed by atoms with Gasteiger partial charge in [0.1, 0.15) is 5.52 Å². The van der Waals surface area contributed by atoms with Gasteiger partial charge in [0.2, 0.25) is 6.79 Å². The molecule has 3 aromatic rings. The van der Waals surface area contributed by atoms with E-state index < -0.39 is 0 Å². The molecule has 0 spiro atoms. The van der Waals surface area contributed by atoms with Crippen molar-refractivity contribution in [2.75, 3.05) is 31.9 Å². The van der Waals surface area contributed by atoms with Crippen LogP contribution in [0, 0.1) is 5.41 Å². The van der Waals surface area contributed by atoms with Crippen molar-refractivity contribution >= 4 is 40.4 Å². The van der Waals surface area contributed by atoms with E-state index in [0.29, 0.717) is 5.82 Å². The van der Waals surface area contributed by atoms with Crippen molar-refractivity contribution in [2.24, 2.45) is 5.41 Å². The number of nitrogens with zero attached hydrogens (tertiary/aromatic N) is 3. The van der Waals surface area contributed by atoms with Gasteiger partial charge < -0.3 is 25.1 Å². The second-order valence-electron chi connectivity index (χ2n) is 8.28. The first-order chi connectivity index (χ1) is 14.4. The predicted molar refractivity (Wildman–Crippen MR) is 123 cm³/mol. The number of aromatic nitrogens is 3. The van der Waals surface area contributed by atoms with Gasteiger partial charge in [-0.05, 0) is 29.9 Å². The number of ether oxygens (including phenoxy) is 2. The lowest BCUT2D eigenvalue weighted by Gasteiger charge is -2.19. The van der Waals surface area contributed by atoms with Gasteiger partial charge in [-0.3, -0.25) is 0 Å². The van der Waals surface area contributed by atoms with E-state index >= 15 is 0 Å². The second kappa shape index (κ2) is 8.56. The molecule has 4 rings (SSSR count). The number of imidazole rings is 1. The number of hydrogen-bond donors (Lipinski definition) is 2. The summed E-state index contributed by atoms with van der Waals surface area (Å²) in [5.41, 5.74) is 8.09. The minimum Gasteiger partial charge on any atom is -0.454 e. The van der Waals surface area contributed by atoms with E-state index in [1.54, 1.807) is 29.7 Å². The number of nitrogen functional groups attached to an aromatic ring is 1. The summed E-state index contributed by atoms with van der Waals surface area (Å²) >= 11 is 3.26. The summed E-state index contributed by atoms with van der Waals surface area (Å²) in [6.07, 6.45) is 3.78. The van der Waals surface area contributed by atoms with Crippen LogP contribution >= 0.6 is 23.5 Å². The number of hydrogen-bond acceptors (Lipinski definition) is 8. The van der Waals surface area contributed by atoms with Gasteiger partial charge in [0, 0.05) is 30.7 Å². The standard InChI is InChI=1S/C21H27N5O2S2/c1-21(2,3)11-23-9-10-26-13-7-8-24-19(22)16(13)25-20(26)30-15-6-5-14-17(18(15)29-4)28-12-27-14/h5-8,23H,9-12H2,1-4H3,(H2,22,24). The van der Waals surface area contributed by atoms with Crippen LogP contribution in [0.5, 0.6) is 11.5 Å². The number of rotatable bonds is 7. The molecule has 0 fully saturated rings. The highest BCUT2D eigenvalue weighted by atomic mass is 32.2. The Labute approximate surface area is 185 Å². The smallest absolute Gasteiger partial charge is 0.231 e. The summed E-state index contributed by atoms with van der Waals surface area (Å²) in [7, 11) is 0. The van der Waals surface area contributed by atoms with Crippen molar-refractivity contribution in [3.8, 4) is 11.5 Å². The van der Waals surface area contributed by atoms with E-state index in [1.807, 2.05) is 18.4 Å². The number of thioether (sulfide) groups is 1. The van der Waals surface area contributed by atoms with E-state index in [2.05, 4.69) is 41.7 Å². The van der Waals surface area contributed by atoms with Crippen molar-refractivity contribution in [3.63, 3.8) is 0 Å². The Hall–Kier alpha value is -2.10. The molecule has 1 aromatic carbocycles. The van der Waals surface area contributed by atoms with E-state index in [-0.39, 0.29) is 12.2 Å². The van der Waals surface area contributed by atoms with Crippen molar-refractivity contribution in [1.29, 1.82) is 0 Å². The second-order valence-corrected chi connectivity index (χ2v) is 10.1. The third-order valence-electron chi connectivity index (χ3n) is 4.69. The number of nitrogens with one attached hydrogen (secondary N) is 1. The summed E-state index contributed by atoms with van der Waals surface area (Å²) in [4.78, 5) is 11.2. The summed E-state index contributed by atoms with van der Waals surface area (Å²) in [6.45, 7) is 9.52. The Kier molecular flexibility index (Phi) is 6.04. The Bertz CT molecular complexity index is 1060. The largest absolute Gasteiger partial charge is 0.454 e. The summed E-state index contributed by atoms with van der Waals surface area (Å²) < 4.78 is 13.4. The Balaban J connectivity index is 1.66. The lowest BCUT2D eigenvalue weighted by atomic mass is 9.97. The first kappa shape index (κ1) is 21.1. The van der Waals surface area contributed by atoms with Crippen LogP contribution in [0.15, 0.2) is 39.3 Å². The van der Waals surface area contributed by atoms with Crippen LogP contribution in [0.2, 0.25) is 0 Å². The average Bonchev–Trinajstić information content (AvgIpc) is 3.30. The summed E-state index contributed by atoms with van der Waals surface area (Å²) in [5.74, 6) is 2.05. The van der Waals surface area contributed by atoms with Crippen molar-refractivity contribution in [2.45, 2.75) is 42.3 Å². The van der Waals surface area contributed by atoms with Crippen molar-refractivity contribution in [1.82, 2.24) is 19.9 Å². The van der Waals surface area contributed by atoms with Crippen molar-refractivity contribution in [3.05, 3.63) is 24.4 Å². The minimum atomic E-state index is 0.239. The van der Waals surface area contributed by atoms with Crippen LogP contribution in [0.4, 0.5) is 5.82 Å². The number of pyridine rings is 1. The zero-order chi connectivity index (χ0) is 21.3. The molecular formula is C21H27N5O2S2. The first-order valence-corrected chi connectivity index (χ1v) is 11.9. The Morgan fingerprint density at radius 2 is 2.07 bits per heavy atom. The Morgan fingerprint density at radius 1 is 1.23 bits per heavy atom. The third kappa shape index (κ3) is 4.33. The van der Waals surface area contributed by atoms with Gasteiger partial charge >= 0.3 is 0 Å². The van der Waals surface area contributed by atoms with Gasteiger partial charge in [-0.2, -0.15) is 0 Å². The maximum atomic E-state index is 6.12. The van der Waals surface area contributed by atoms with Crippen LogP contribution in [0.25, 0.3) is 11.0 Å². The molecule has 2 aromatic heterocycles. The molecule has 1 aliphatic heterocycles. The van der Waals surface area contributed by atoms with E-state index in [1.165, 1.54) is 0 Å². The molecule has 0 aliphatic carbocycles. The molecule has 0 unspecified atom stereocenters. The monoisotopic (exact) mass is 445 g/mol. The van der Waals surface area contributed by atoms with Crippen LogP contribution in [-0.2, 0) is 6.54 Å². The number of nitrogens with two attached hydrogens (primary N) is 1. The number of anilines is 1. The van der Waals surface area contributed by atoms with Crippen molar-refractivity contribution < 1.29 is 9.47 Å². The predicted octanol–water partition coefficient (Wildman–Crippen LogP) is 4.25. The molecule has 9 heteroatoms. The molecule has 3 heterocycles. The molecule has 7 nitrogen and oxygen atoms in total. The SMILES string of the molecule is CSc1c(Sc2nc3c(N)nccc3n2CCNCC(C)(C)C)ccc2c1OCO2. The zero-order valence-electron chi connectivity index (χ0n) is 17.7. The molecule has 30 heavy (non-hydrogen) atoms. The number of benzene rings is 1. The van der Waals surface area contributed by atoms with Crippen LogP contribution in [-0.4, -0.2) is 40.7 Å². The fourth-order valence-electron chi connectivity index (χ4n) is 3.30. The molecule has 0 saturated heterocycles. The highest BCUT2D eigenvalue weighted by Crippen LogP contribution is 2.47. The zero-order valence-corrected chi connectivity index (χ0v) is 19.3. The molecule has 0 saturated carbocycles. The summed E-state index contributed by atoms with van der Waals surface area (Å²) in [6, 6.07) is 5.99. The van der Waals surface area contributed by atoms with E-state index in [9.17, 15) is 0 Å². The molecule has 0 amide bonds. The molecule has 0 radical (unpaired) electrons. The fraction of sp³-hybridized carbons (Fsp3) is 0.429. The molecule has 1 aliphatic rings. The van der Waals surface area contributed by atoms with Crippen LogP contribution in [0.1, 0.15) is 20.8 Å². The maximum absolute atomic E-state index is 6.12. The lowest BCUT2D eigenvalue weighted by Crippen LogP contribution is -2.29. The van der Waals surface area contributed by atoms with Gasteiger partial charge in [-0.15, -0.1) is 11.8 Å². The summed E-state index contributed by atoms with van der Waals surface area (Å²) in [5, 5.41) is 4.43. The Morgan fingerprint density at radius 3 is 2.83 bits per heavy atom. The molecule has 0 atom stereocenters. The van der Waals surface area contributed by atoms with E-state index in [4.69, 9.17) is 20.2 Å². The van der Waals surface area contributed by atoms with Gasteiger partial charge in [-0.25, -0.2) is 9.97 Å². The first-order valence-electron chi connectivity index (χ1n) is 9.83. The molecule has 160 valence electrons. The fourth-order valence-corrected chi connectivity index (χ4v) is 5.24. The van der Waals surface area contributed by atoms with E-state index in [0.717, 1.165) is 57.1 Å². The average molecular weight is 446 g/mol. The highest BCUT2D eigenvalue weighted by molar-refractivity contribution is 8.02. The number of fused-ring (bicyclic) bond motifs is 2. The van der Waals surface area contributed by atoms with Gasteiger partial charge in [0.15, 0.2) is 22.5 Å².